The molecule has 1 atom stereocenters. The van der Waals surface area contributed by atoms with E-state index < -0.39 is 0 Å². The zero-order valence-corrected chi connectivity index (χ0v) is 12.6. The van der Waals surface area contributed by atoms with Crippen LogP contribution in [0.5, 0.6) is 5.88 Å². The van der Waals surface area contributed by atoms with Gasteiger partial charge in [-0.3, -0.25) is 4.79 Å². The van der Waals surface area contributed by atoms with Gasteiger partial charge in [-0.15, -0.1) is 0 Å². The van der Waals surface area contributed by atoms with Gasteiger partial charge in [0.25, 0.3) is 0 Å². The number of ether oxygens (including phenoxy) is 2. The number of carbonyl (C=O) groups excluding carboxylic acids is 1. The van der Waals surface area contributed by atoms with Crippen LogP contribution in [0.4, 0.5) is 0 Å². The summed E-state index contributed by atoms with van der Waals surface area (Å²) in [6, 6.07) is 12.0. The van der Waals surface area contributed by atoms with Crippen LogP contribution in [0.25, 0.3) is 0 Å². The van der Waals surface area contributed by atoms with Gasteiger partial charge in [0.1, 0.15) is 12.4 Å². The average molecular weight is 297 g/mol. The molecule has 22 heavy (non-hydrogen) atoms. The van der Waals surface area contributed by atoms with Crippen molar-refractivity contribution < 1.29 is 14.3 Å². The second-order valence-electron chi connectivity index (χ2n) is 5.52. The lowest BCUT2D eigenvalue weighted by Crippen LogP contribution is -2.19. The molecule has 1 saturated heterocycles. The number of rotatable bonds is 4. The van der Waals surface area contributed by atoms with E-state index in [0.717, 1.165) is 16.7 Å². The Morgan fingerprint density at radius 2 is 2.14 bits per heavy atom. The van der Waals surface area contributed by atoms with Gasteiger partial charge in [-0.2, -0.15) is 0 Å². The number of hydrogen-bond donors (Lipinski definition) is 0. The molecular weight excluding hydrogens is 278 g/mol. The maximum Gasteiger partial charge on any atom is 0.216 e. The van der Waals surface area contributed by atoms with Gasteiger partial charge in [0.15, 0.2) is 0 Å². The number of aryl methyl sites for hydroxylation is 1. The van der Waals surface area contributed by atoms with E-state index in [0.29, 0.717) is 31.9 Å². The Balaban J connectivity index is 1.68. The summed E-state index contributed by atoms with van der Waals surface area (Å²) in [5, 5.41) is 0. The van der Waals surface area contributed by atoms with Crippen molar-refractivity contribution in [3.05, 3.63) is 59.3 Å². The summed E-state index contributed by atoms with van der Waals surface area (Å²) in [5.74, 6) is 0.869. The van der Waals surface area contributed by atoms with Gasteiger partial charge < -0.3 is 9.47 Å². The molecule has 4 nitrogen and oxygen atoms in total. The third-order valence-corrected chi connectivity index (χ3v) is 3.75. The second-order valence-corrected chi connectivity index (χ2v) is 5.52. The van der Waals surface area contributed by atoms with Gasteiger partial charge in [-0.05, 0) is 18.6 Å². The minimum absolute atomic E-state index is 0.171. The second kappa shape index (κ2) is 6.71. The van der Waals surface area contributed by atoms with Crippen LogP contribution in [0.3, 0.4) is 0 Å². The Kier molecular flexibility index (Phi) is 4.49. The molecule has 0 spiro atoms. The minimum atomic E-state index is -0.171. The molecule has 2 heterocycles. The first-order valence-corrected chi connectivity index (χ1v) is 7.49. The summed E-state index contributed by atoms with van der Waals surface area (Å²) < 4.78 is 11.4. The molecule has 0 bridgehead atoms. The highest BCUT2D eigenvalue weighted by molar-refractivity contribution is 5.79. The molecule has 0 radical (unpaired) electrons. The molecule has 114 valence electrons. The zero-order valence-electron chi connectivity index (χ0n) is 12.6. The minimum Gasteiger partial charge on any atom is -0.473 e. The van der Waals surface area contributed by atoms with Gasteiger partial charge >= 0.3 is 0 Å². The number of Topliss-reactive ketones (excluding diaryl/α,β-unsaturated/α-hetero) is 1. The molecule has 1 aliphatic rings. The van der Waals surface area contributed by atoms with E-state index >= 15 is 0 Å². The van der Waals surface area contributed by atoms with Crippen molar-refractivity contribution in [2.45, 2.75) is 32.5 Å². The largest absolute Gasteiger partial charge is 0.473 e. The SMILES string of the molecule is Cc1cc([C@H]2CC(=O)CCO2)cnc1OCc1ccccc1. The van der Waals surface area contributed by atoms with Crippen molar-refractivity contribution in [1.82, 2.24) is 4.98 Å². The number of pyridine rings is 1. The zero-order chi connectivity index (χ0) is 15.4. The average Bonchev–Trinajstić information content (AvgIpc) is 2.54. The molecule has 1 aliphatic heterocycles. The Labute approximate surface area is 130 Å². The van der Waals surface area contributed by atoms with Crippen LogP contribution >= 0.6 is 0 Å². The monoisotopic (exact) mass is 297 g/mol. The number of benzene rings is 1. The number of hydrogen-bond acceptors (Lipinski definition) is 4. The topological polar surface area (TPSA) is 48.4 Å². The van der Waals surface area contributed by atoms with E-state index in [1.54, 1.807) is 6.20 Å². The highest BCUT2D eigenvalue weighted by atomic mass is 16.5. The van der Waals surface area contributed by atoms with E-state index in [4.69, 9.17) is 9.47 Å². The van der Waals surface area contributed by atoms with Crippen LogP contribution in [-0.2, 0) is 16.1 Å². The maximum absolute atomic E-state index is 11.5. The molecule has 0 aliphatic carbocycles. The standard InChI is InChI=1S/C18H19NO3/c1-13-9-15(17-10-16(20)7-8-21-17)11-19-18(13)22-12-14-5-3-2-4-6-14/h2-6,9,11,17H,7-8,10,12H2,1H3/t17-/m1/s1. The molecule has 3 rings (SSSR count). The molecule has 1 aromatic heterocycles. The predicted molar refractivity (Wildman–Crippen MR) is 82.7 cm³/mol. The molecule has 0 amide bonds. The van der Waals surface area contributed by atoms with E-state index in [2.05, 4.69) is 4.98 Å². The van der Waals surface area contributed by atoms with Crippen molar-refractivity contribution >= 4 is 5.78 Å². The molecule has 2 aromatic rings. The number of carbonyl (C=O) groups is 1. The van der Waals surface area contributed by atoms with Gasteiger partial charge in [-0.1, -0.05) is 30.3 Å². The van der Waals surface area contributed by atoms with Gasteiger partial charge in [-0.25, -0.2) is 4.98 Å². The van der Waals surface area contributed by atoms with E-state index in [1.165, 1.54) is 0 Å². The lowest BCUT2D eigenvalue weighted by molar-refractivity contribution is -0.128. The third-order valence-electron chi connectivity index (χ3n) is 3.75. The van der Waals surface area contributed by atoms with E-state index in [-0.39, 0.29) is 11.9 Å². The Bertz CT molecular complexity index is 655. The van der Waals surface area contributed by atoms with Gasteiger partial charge in [0.2, 0.25) is 5.88 Å². The fraction of sp³-hybridized carbons (Fsp3) is 0.333. The van der Waals surface area contributed by atoms with Crippen molar-refractivity contribution in [2.75, 3.05) is 6.61 Å². The predicted octanol–water partition coefficient (Wildman–Crippen LogP) is 3.39. The number of aromatic nitrogens is 1. The van der Waals surface area contributed by atoms with Crippen molar-refractivity contribution in [1.29, 1.82) is 0 Å². The van der Waals surface area contributed by atoms with Crippen LogP contribution in [0.2, 0.25) is 0 Å². The number of nitrogens with zero attached hydrogens (tertiary/aromatic N) is 1. The third kappa shape index (κ3) is 3.52. The molecule has 1 aromatic carbocycles. The first-order chi connectivity index (χ1) is 10.7. The maximum atomic E-state index is 11.5. The number of ketones is 1. The van der Waals surface area contributed by atoms with Crippen LogP contribution in [0, 0.1) is 6.92 Å². The molecular formula is C18H19NO3. The Morgan fingerprint density at radius 3 is 2.86 bits per heavy atom. The lowest BCUT2D eigenvalue weighted by atomic mass is 10.0. The van der Waals surface area contributed by atoms with Crippen molar-refractivity contribution in [3.8, 4) is 5.88 Å². The fourth-order valence-electron chi connectivity index (χ4n) is 2.53. The molecule has 0 N–H and O–H groups in total. The first kappa shape index (κ1) is 14.7. The van der Waals surface area contributed by atoms with E-state index in [9.17, 15) is 4.79 Å². The van der Waals surface area contributed by atoms with Crippen LogP contribution in [-0.4, -0.2) is 17.4 Å². The van der Waals surface area contributed by atoms with Crippen molar-refractivity contribution in [3.63, 3.8) is 0 Å². The normalized spacial score (nSPS) is 18.2. The van der Waals surface area contributed by atoms with Crippen LogP contribution in [0.1, 0.15) is 35.6 Å². The summed E-state index contributed by atoms with van der Waals surface area (Å²) in [6.45, 7) is 2.95. The summed E-state index contributed by atoms with van der Waals surface area (Å²) in [5.41, 5.74) is 3.00. The molecule has 1 fully saturated rings. The summed E-state index contributed by atoms with van der Waals surface area (Å²) in [7, 11) is 0. The Morgan fingerprint density at radius 1 is 1.32 bits per heavy atom. The molecule has 4 heteroatoms. The molecule has 0 saturated carbocycles. The van der Waals surface area contributed by atoms with Gasteiger partial charge in [0, 0.05) is 30.2 Å². The lowest BCUT2D eigenvalue weighted by Gasteiger charge is -2.22. The quantitative estimate of drug-likeness (QED) is 0.868. The van der Waals surface area contributed by atoms with E-state index in [1.807, 2.05) is 43.3 Å². The van der Waals surface area contributed by atoms with Crippen LogP contribution < -0.4 is 4.74 Å². The highest BCUT2D eigenvalue weighted by Crippen LogP contribution is 2.28. The summed E-state index contributed by atoms with van der Waals surface area (Å²) in [4.78, 5) is 15.9. The van der Waals surface area contributed by atoms with Crippen molar-refractivity contribution in [2.24, 2.45) is 0 Å². The van der Waals surface area contributed by atoms with Gasteiger partial charge in [0.05, 0.1) is 12.7 Å². The summed E-state index contributed by atoms with van der Waals surface area (Å²) >= 11 is 0. The highest BCUT2D eigenvalue weighted by Gasteiger charge is 2.22. The van der Waals surface area contributed by atoms with Crippen LogP contribution in [0.15, 0.2) is 42.6 Å². The fourth-order valence-corrected chi connectivity index (χ4v) is 2.53. The Hall–Kier alpha value is -2.20. The smallest absolute Gasteiger partial charge is 0.216 e. The first-order valence-electron chi connectivity index (χ1n) is 7.49. The molecule has 0 unspecified atom stereocenters. The summed E-state index contributed by atoms with van der Waals surface area (Å²) in [6.07, 6.45) is 2.53.